The zero-order valence-electron chi connectivity index (χ0n) is 11.9. The maximum absolute atomic E-state index is 4.75. The van der Waals surface area contributed by atoms with Crippen molar-refractivity contribution in [3.8, 4) is 0 Å². The van der Waals surface area contributed by atoms with Crippen LogP contribution in [0.2, 0.25) is 0 Å². The summed E-state index contributed by atoms with van der Waals surface area (Å²) < 4.78 is 2.18. The van der Waals surface area contributed by atoms with Gasteiger partial charge in [-0.05, 0) is 24.7 Å². The van der Waals surface area contributed by atoms with Crippen LogP contribution in [0.4, 0.5) is 0 Å². The zero-order valence-corrected chi connectivity index (χ0v) is 11.9. The summed E-state index contributed by atoms with van der Waals surface area (Å²) >= 11 is 0. The number of benzene rings is 2. The van der Waals surface area contributed by atoms with Crippen molar-refractivity contribution in [1.29, 1.82) is 0 Å². The first-order chi connectivity index (χ1) is 9.79. The number of imidazole rings is 1. The lowest BCUT2D eigenvalue weighted by molar-refractivity contribution is 0.566. The summed E-state index contributed by atoms with van der Waals surface area (Å²) in [5.41, 5.74) is 3.54. The molecule has 1 atom stereocenters. The van der Waals surface area contributed by atoms with Crippen LogP contribution >= 0.6 is 0 Å². The van der Waals surface area contributed by atoms with Crippen LogP contribution < -0.4 is 5.32 Å². The van der Waals surface area contributed by atoms with Crippen molar-refractivity contribution in [2.75, 3.05) is 7.05 Å². The molecule has 3 heteroatoms. The molecule has 0 aliphatic rings. The first kappa shape index (κ1) is 12.9. The molecule has 0 aliphatic heterocycles. The highest BCUT2D eigenvalue weighted by Crippen LogP contribution is 2.20. The summed E-state index contributed by atoms with van der Waals surface area (Å²) in [6.07, 6.45) is 0.881. The van der Waals surface area contributed by atoms with Crippen LogP contribution in [0.25, 0.3) is 11.0 Å². The van der Waals surface area contributed by atoms with Crippen molar-refractivity contribution >= 4 is 11.0 Å². The molecule has 1 heterocycles. The molecule has 3 nitrogen and oxygen atoms in total. The number of likely N-dealkylation sites (N-methyl/N-ethyl adjacent to an activating group) is 1. The monoisotopic (exact) mass is 265 g/mol. The van der Waals surface area contributed by atoms with E-state index in [0.717, 1.165) is 17.8 Å². The molecule has 102 valence electrons. The molecule has 1 unspecified atom stereocenters. The number of rotatable bonds is 4. The van der Waals surface area contributed by atoms with E-state index in [1.807, 2.05) is 19.2 Å². The second-order valence-corrected chi connectivity index (χ2v) is 5.03. The highest BCUT2D eigenvalue weighted by molar-refractivity contribution is 5.75. The Labute approximate surface area is 119 Å². The molecule has 1 N–H and O–H groups in total. The number of hydrogen-bond donors (Lipinski definition) is 1. The highest BCUT2D eigenvalue weighted by atomic mass is 15.1. The molecule has 3 rings (SSSR count). The molecule has 2 aromatic carbocycles. The standard InChI is InChI=1S/C17H19N3/c1-18-15(13-8-4-3-5-9-13)12-17-19-14-10-6-7-11-16(14)20(17)2/h3-11,15,18H,12H2,1-2H3. The normalized spacial score (nSPS) is 12.7. The molecule has 0 fully saturated rings. The Morgan fingerprint density at radius 3 is 2.45 bits per heavy atom. The van der Waals surface area contributed by atoms with Gasteiger partial charge in [0.1, 0.15) is 5.82 Å². The molecule has 0 amide bonds. The minimum absolute atomic E-state index is 0.284. The summed E-state index contributed by atoms with van der Waals surface area (Å²) in [6, 6.07) is 19.1. The molecule has 0 bridgehead atoms. The molecule has 0 aliphatic carbocycles. The first-order valence-electron chi connectivity index (χ1n) is 6.92. The van der Waals surface area contributed by atoms with E-state index in [1.54, 1.807) is 0 Å². The van der Waals surface area contributed by atoms with Gasteiger partial charge in [-0.15, -0.1) is 0 Å². The number of nitrogens with one attached hydrogen (secondary N) is 1. The number of hydrogen-bond acceptors (Lipinski definition) is 2. The third kappa shape index (κ3) is 2.32. The van der Waals surface area contributed by atoms with Crippen LogP contribution in [0.3, 0.4) is 0 Å². The first-order valence-corrected chi connectivity index (χ1v) is 6.92. The van der Waals surface area contributed by atoms with Gasteiger partial charge in [-0.25, -0.2) is 4.98 Å². The maximum Gasteiger partial charge on any atom is 0.111 e. The van der Waals surface area contributed by atoms with E-state index < -0.39 is 0 Å². The van der Waals surface area contributed by atoms with Crippen LogP contribution in [0, 0.1) is 0 Å². The average molecular weight is 265 g/mol. The lowest BCUT2D eigenvalue weighted by Gasteiger charge is -2.16. The number of fused-ring (bicyclic) bond motifs is 1. The number of para-hydroxylation sites is 2. The van der Waals surface area contributed by atoms with Gasteiger partial charge in [0.05, 0.1) is 11.0 Å². The lowest BCUT2D eigenvalue weighted by atomic mass is 10.0. The Balaban J connectivity index is 1.94. The van der Waals surface area contributed by atoms with Gasteiger partial charge < -0.3 is 9.88 Å². The largest absolute Gasteiger partial charge is 0.331 e. The Morgan fingerprint density at radius 2 is 1.75 bits per heavy atom. The van der Waals surface area contributed by atoms with Gasteiger partial charge in [-0.3, -0.25) is 0 Å². The summed E-state index contributed by atoms with van der Waals surface area (Å²) in [7, 11) is 4.09. The van der Waals surface area contributed by atoms with Crippen LogP contribution in [-0.4, -0.2) is 16.6 Å². The minimum atomic E-state index is 0.284. The topological polar surface area (TPSA) is 29.9 Å². The smallest absolute Gasteiger partial charge is 0.111 e. The Hall–Kier alpha value is -2.13. The molecule has 20 heavy (non-hydrogen) atoms. The van der Waals surface area contributed by atoms with E-state index in [-0.39, 0.29) is 6.04 Å². The van der Waals surface area contributed by atoms with E-state index >= 15 is 0 Å². The van der Waals surface area contributed by atoms with Crippen LogP contribution in [0.1, 0.15) is 17.4 Å². The Kier molecular flexibility index (Phi) is 3.52. The third-order valence-electron chi connectivity index (χ3n) is 3.82. The van der Waals surface area contributed by atoms with E-state index in [0.29, 0.717) is 0 Å². The lowest BCUT2D eigenvalue weighted by Crippen LogP contribution is -2.20. The van der Waals surface area contributed by atoms with Gasteiger partial charge in [-0.1, -0.05) is 42.5 Å². The van der Waals surface area contributed by atoms with Crippen molar-refractivity contribution in [2.45, 2.75) is 12.5 Å². The second-order valence-electron chi connectivity index (χ2n) is 5.03. The van der Waals surface area contributed by atoms with Gasteiger partial charge in [-0.2, -0.15) is 0 Å². The molecular formula is C17H19N3. The summed E-state index contributed by atoms with van der Waals surface area (Å²) in [6.45, 7) is 0. The SMILES string of the molecule is CNC(Cc1nc2ccccc2n1C)c1ccccc1. The predicted octanol–water partition coefficient (Wildman–Crippen LogP) is 3.08. The number of aryl methyl sites for hydroxylation is 1. The van der Waals surface area contributed by atoms with Crippen molar-refractivity contribution in [1.82, 2.24) is 14.9 Å². The fourth-order valence-electron chi connectivity index (χ4n) is 2.63. The maximum atomic E-state index is 4.75. The molecule has 1 aromatic heterocycles. The summed E-state index contributed by atoms with van der Waals surface area (Å²) in [5, 5.41) is 3.39. The predicted molar refractivity (Wildman–Crippen MR) is 82.7 cm³/mol. The molecule has 0 saturated heterocycles. The van der Waals surface area contributed by atoms with Gasteiger partial charge in [0.25, 0.3) is 0 Å². The molecule has 0 saturated carbocycles. The van der Waals surface area contributed by atoms with Crippen LogP contribution in [0.15, 0.2) is 54.6 Å². The van der Waals surface area contributed by atoms with Gasteiger partial charge in [0.2, 0.25) is 0 Å². The Bertz CT molecular complexity index is 701. The highest BCUT2D eigenvalue weighted by Gasteiger charge is 2.14. The number of nitrogens with zero attached hydrogens (tertiary/aromatic N) is 2. The van der Waals surface area contributed by atoms with Crippen molar-refractivity contribution in [3.63, 3.8) is 0 Å². The summed E-state index contributed by atoms with van der Waals surface area (Å²) in [4.78, 5) is 4.75. The van der Waals surface area contributed by atoms with Gasteiger partial charge >= 0.3 is 0 Å². The van der Waals surface area contributed by atoms with Crippen molar-refractivity contribution in [3.05, 3.63) is 66.0 Å². The summed E-state index contributed by atoms with van der Waals surface area (Å²) in [5.74, 6) is 1.11. The average Bonchev–Trinajstić information content (AvgIpc) is 2.82. The number of aromatic nitrogens is 2. The van der Waals surface area contributed by atoms with Gasteiger partial charge in [0, 0.05) is 19.5 Å². The Morgan fingerprint density at radius 1 is 1.05 bits per heavy atom. The molecule has 0 spiro atoms. The van der Waals surface area contributed by atoms with Crippen molar-refractivity contribution < 1.29 is 0 Å². The van der Waals surface area contributed by atoms with E-state index in [4.69, 9.17) is 4.98 Å². The molecule has 3 aromatic rings. The third-order valence-corrected chi connectivity index (χ3v) is 3.82. The second kappa shape index (κ2) is 5.47. The fraction of sp³-hybridized carbons (Fsp3) is 0.235. The zero-order chi connectivity index (χ0) is 13.9. The van der Waals surface area contributed by atoms with E-state index in [1.165, 1.54) is 11.1 Å². The quantitative estimate of drug-likeness (QED) is 0.785. The molecular weight excluding hydrogens is 246 g/mol. The van der Waals surface area contributed by atoms with E-state index in [2.05, 4.69) is 59.4 Å². The van der Waals surface area contributed by atoms with Crippen molar-refractivity contribution in [2.24, 2.45) is 7.05 Å². The minimum Gasteiger partial charge on any atom is -0.331 e. The van der Waals surface area contributed by atoms with E-state index in [9.17, 15) is 0 Å². The van der Waals surface area contributed by atoms with Crippen LogP contribution in [-0.2, 0) is 13.5 Å². The van der Waals surface area contributed by atoms with Crippen LogP contribution in [0.5, 0.6) is 0 Å². The fourth-order valence-corrected chi connectivity index (χ4v) is 2.63. The molecule has 0 radical (unpaired) electrons. The van der Waals surface area contributed by atoms with Gasteiger partial charge in [0.15, 0.2) is 0 Å².